The maximum Gasteiger partial charge on any atom is 0.332 e. The summed E-state index contributed by atoms with van der Waals surface area (Å²) in [4.78, 5) is 46.7. The average molecular weight is 579 g/mol. The lowest BCUT2D eigenvalue weighted by molar-refractivity contribution is -0.140. The number of carbonyl (C=O) groups is 3. The Hall–Kier alpha value is -4.53. The second-order valence-electron chi connectivity index (χ2n) is 9.79. The van der Waals surface area contributed by atoms with Crippen molar-refractivity contribution >= 4 is 40.7 Å². The first-order valence-corrected chi connectivity index (χ1v) is 14.4. The van der Waals surface area contributed by atoms with E-state index in [1.54, 1.807) is 24.3 Å². The van der Waals surface area contributed by atoms with Gasteiger partial charge in [0.05, 0.1) is 13.2 Å². The van der Waals surface area contributed by atoms with E-state index in [4.69, 9.17) is 9.57 Å². The van der Waals surface area contributed by atoms with Gasteiger partial charge in [0.1, 0.15) is 0 Å². The number of benzene rings is 4. The molecule has 1 fully saturated rings. The van der Waals surface area contributed by atoms with Gasteiger partial charge in [-0.05, 0) is 85.3 Å². The number of rotatable bonds is 9. The summed E-state index contributed by atoms with van der Waals surface area (Å²) in [7, 11) is 0. The van der Waals surface area contributed by atoms with Crippen molar-refractivity contribution in [1.82, 2.24) is 0 Å². The average Bonchev–Trinajstić information content (AvgIpc) is 3.02. The first kappa shape index (κ1) is 29.0. The van der Waals surface area contributed by atoms with Gasteiger partial charge < -0.3 is 14.5 Å². The van der Waals surface area contributed by atoms with Gasteiger partial charge in [-0.15, -0.1) is 0 Å². The van der Waals surface area contributed by atoms with E-state index < -0.39 is 5.97 Å². The van der Waals surface area contributed by atoms with Crippen molar-refractivity contribution in [2.45, 2.75) is 23.6 Å². The van der Waals surface area contributed by atoms with Crippen molar-refractivity contribution < 1.29 is 24.0 Å². The number of ketones is 2. The monoisotopic (exact) mass is 578 g/mol. The molecule has 4 aromatic rings. The van der Waals surface area contributed by atoms with Crippen molar-refractivity contribution in [2.24, 2.45) is 5.16 Å². The largest absolute Gasteiger partial charge is 0.378 e. The molecule has 1 saturated heterocycles. The molecule has 0 bridgehead atoms. The molecule has 0 radical (unpaired) electrons. The summed E-state index contributed by atoms with van der Waals surface area (Å²) in [6, 6.07) is 29.7. The SMILES string of the molecule is CC(=O)ON=C(C(=O)c1ccc(Sc2ccc(C(=O)c3ccc(N4CCOCC4)cc3)cc2)cc1)c1ccccc1C. The van der Waals surface area contributed by atoms with Crippen LogP contribution < -0.4 is 4.90 Å². The fraction of sp³-hybridized carbons (Fsp3) is 0.176. The van der Waals surface area contributed by atoms with Gasteiger partial charge >= 0.3 is 5.97 Å². The Kier molecular flexibility index (Phi) is 9.26. The second kappa shape index (κ2) is 13.4. The summed E-state index contributed by atoms with van der Waals surface area (Å²) in [5.74, 6) is -0.971. The molecule has 1 aliphatic rings. The standard InChI is InChI=1S/C34H30N2O5S/c1-23-5-3-4-6-31(23)32(35-41-24(2)37)34(39)27-11-17-30(18-12-27)42-29-15-9-26(10-16-29)33(38)25-7-13-28(14-8-25)36-19-21-40-22-20-36/h3-18H,19-22H2,1-2H3. The molecule has 1 heterocycles. The van der Waals surface area contributed by atoms with E-state index in [9.17, 15) is 14.4 Å². The number of morpholine rings is 1. The Morgan fingerprint density at radius 1 is 0.762 bits per heavy atom. The van der Waals surface area contributed by atoms with Crippen LogP contribution in [-0.2, 0) is 14.4 Å². The lowest BCUT2D eigenvalue weighted by Gasteiger charge is -2.28. The molecular weight excluding hydrogens is 548 g/mol. The number of anilines is 1. The summed E-state index contributed by atoms with van der Waals surface area (Å²) < 4.78 is 5.42. The Labute approximate surface area is 249 Å². The molecule has 42 heavy (non-hydrogen) atoms. The van der Waals surface area contributed by atoms with Crippen LogP contribution in [0.4, 0.5) is 5.69 Å². The third kappa shape index (κ3) is 7.02. The smallest absolute Gasteiger partial charge is 0.332 e. The molecule has 4 aromatic carbocycles. The molecule has 0 aromatic heterocycles. The molecule has 212 valence electrons. The number of carbonyl (C=O) groups excluding carboxylic acids is 3. The van der Waals surface area contributed by atoms with Gasteiger partial charge in [-0.2, -0.15) is 0 Å². The molecule has 7 nitrogen and oxygen atoms in total. The van der Waals surface area contributed by atoms with E-state index >= 15 is 0 Å². The highest BCUT2D eigenvalue weighted by Crippen LogP contribution is 2.29. The number of Topliss-reactive ketones (excluding diaryl/α,β-unsaturated/α-hetero) is 1. The molecule has 1 aliphatic heterocycles. The van der Waals surface area contributed by atoms with Crippen LogP contribution in [0.5, 0.6) is 0 Å². The molecule has 0 atom stereocenters. The second-order valence-corrected chi connectivity index (χ2v) is 10.9. The fourth-order valence-corrected chi connectivity index (χ4v) is 5.41. The minimum absolute atomic E-state index is 0.0252. The van der Waals surface area contributed by atoms with E-state index in [1.807, 2.05) is 79.7 Å². The van der Waals surface area contributed by atoms with Gasteiger partial charge in [0, 0.05) is 57.7 Å². The van der Waals surface area contributed by atoms with Gasteiger partial charge in [0.25, 0.3) is 0 Å². The molecule has 0 saturated carbocycles. The predicted octanol–water partition coefficient (Wildman–Crippen LogP) is 6.36. The Balaban J connectivity index is 1.24. The zero-order valence-electron chi connectivity index (χ0n) is 23.4. The van der Waals surface area contributed by atoms with E-state index in [-0.39, 0.29) is 17.3 Å². The van der Waals surface area contributed by atoms with Crippen LogP contribution in [-0.4, -0.2) is 49.6 Å². The number of nitrogens with zero attached hydrogens (tertiary/aromatic N) is 2. The Morgan fingerprint density at radius 3 is 1.88 bits per heavy atom. The van der Waals surface area contributed by atoms with Gasteiger partial charge in [0.2, 0.25) is 5.78 Å². The zero-order valence-corrected chi connectivity index (χ0v) is 24.2. The van der Waals surface area contributed by atoms with E-state index in [2.05, 4.69) is 10.1 Å². The third-order valence-electron chi connectivity index (χ3n) is 6.86. The quantitative estimate of drug-likeness (QED) is 0.0988. The van der Waals surface area contributed by atoms with Crippen molar-refractivity contribution in [2.75, 3.05) is 31.2 Å². The highest BCUT2D eigenvalue weighted by atomic mass is 32.2. The highest BCUT2D eigenvalue weighted by molar-refractivity contribution is 7.99. The van der Waals surface area contributed by atoms with Crippen molar-refractivity contribution in [3.63, 3.8) is 0 Å². The Bertz CT molecular complexity index is 1610. The minimum Gasteiger partial charge on any atom is -0.378 e. The number of hydrogen-bond acceptors (Lipinski definition) is 8. The van der Waals surface area contributed by atoms with Crippen molar-refractivity contribution in [3.05, 3.63) is 125 Å². The lowest BCUT2D eigenvalue weighted by atomic mass is 9.97. The van der Waals surface area contributed by atoms with Gasteiger partial charge in [-0.3, -0.25) is 9.59 Å². The van der Waals surface area contributed by atoms with Crippen molar-refractivity contribution in [1.29, 1.82) is 0 Å². The molecule has 0 aliphatic carbocycles. The summed E-state index contributed by atoms with van der Waals surface area (Å²) in [6.45, 7) is 6.24. The Morgan fingerprint density at radius 2 is 1.31 bits per heavy atom. The molecule has 0 amide bonds. The van der Waals surface area contributed by atoms with E-state index in [0.29, 0.717) is 35.5 Å². The fourth-order valence-electron chi connectivity index (χ4n) is 4.59. The van der Waals surface area contributed by atoms with Crippen LogP contribution in [0.25, 0.3) is 0 Å². The maximum absolute atomic E-state index is 13.3. The first-order chi connectivity index (χ1) is 20.4. The first-order valence-electron chi connectivity index (χ1n) is 13.6. The summed E-state index contributed by atoms with van der Waals surface area (Å²) >= 11 is 1.53. The molecule has 0 unspecified atom stereocenters. The summed E-state index contributed by atoms with van der Waals surface area (Å²) in [5, 5.41) is 3.87. The number of ether oxygens (including phenoxy) is 1. The minimum atomic E-state index is -0.602. The normalized spacial score (nSPS) is 13.5. The number of oxime groups is 1. The summed E-state index contributed by atoms with van der Waals surface area (Å²) in [6.07, 6.45) is 0. The molecular formula is C34H30N2O5S. The lowest BCUT2D eigenvalue weighted by Crippen LogP contribution is -2.36. The van der Waals surface area contributed by atoms with Crippen LogP contribution >= 0.6 is 11.8 Å². The van der Waals surface area contributed by atoms with Gasteiger partial charge in [0.15, 0.2) is 11.5 Å². The number of hydrogen-bond donors (Lipinski definition) is 0. The van der Waals surface area contributed by atoms with Crippen LogP contribution in [0.15, 0.2) is 112 Å². The molecule has 8 heteroatoms. The predicted molar refractivity (Wildman–Crippen MR) is 164 cm³/mol. The van der Waals surface area contributed by atoms with Crippen LogP contribution in [0, 0.1) is 6.92 Å². The number of aryl methyl sites for hydroxylation is 1. The van der Waals surface area contributed by atoms with Crippen LogP contribution in [0.1, 0.15) is 44.3 Å². The van der Waals surface area contributed by atoms with Crippen LogP contribution in [0.3, 0.4) is 0 Å². The van der Waals surface area contributed by atoms with Gasteiger partial charge in [-0.25, -0.2) is 4.79 Å². The highest BCUT2D eigenvalue weighted by Gasteiger charge is 2.20. The molecule has 0 N–H and O–H groups in total. The van der Waals surface area contributed by atoms with E-state index in [0.717, 1.165) is 34.1 Å². The third-order valence-corrected chi connectivity index (χ3v) is 7.87. The molecule has 5 rings (SSSR count). The maximum atomic E-state index is 13.3. The zero-order chi connectivity index (χ0) is 29.5. The van der Waals surface area contributed by atoms with Crippen LogP contribution in [0.2, 0.25) is 0 Å². The summed E-state index contributed by atoms with van der Waals surface area (Å²) in [5.41, 5.74) is 4.30. The van der Waals surface area contributed by atoms with E-state index in [1.165, 1.54) is 18.7 Å². The topological polar surface area (TPSA) is 85.3 Å². The molecule has 0 spiro atoms. The van der Waals surface area contributed by atoms with Crippen molar-refractivity contribution in [3.8, 4) is 0 Å². The van der Waals surface area contributed by atoms with Gasteiger partial charge in [-0.1, -0.05) is 41.2 Å².